The van der Waals surface area contributed by atoms with Crippen LogP contribution in [0, 0.1) is 5.41 Å². The van der Waals surface area contributed by atoms with Crippen LogP contribution in [0.2, 0.25) is 0 Å². The Hall–Kier alpha value is 0.270. The zero-order valence-electron chi connectivity index (χ0n) is 9.10. The average Bonchev–Trinajstić information content (AvgIpc) is 2.11. The Balaban J connectivity index is 3.16. The lowest BCUT2D eigenvalue weighted by molar-refractivity contribution is 0.157. The van der Waals surface area contributed by atoms with Crippen molar-refractivity contribution in [1.29, 1.82) is 0 Å². The molecule has 0 bridgehead atoms. The van der Waals surface area contributed by atoms with E-state index < -0.39 is 0 Å². The molecule has 0 atom stereocenters. The molecule has 0 aromatic carbocycles. The predicted molar refractivity (Wildman–Crippen MR) is 61.4 cm³/mol. The highest BCUT2D eigenvalue weighted by atomic mass is 32.2. The Morgan fingerprint density at radius 1 is 1.38 bits per heavy atom. The first-order valence-corrected chi connectivity index (χ1v) is 6.17. The van der Waals surface area contributed by atoms with E-state index >= 15 is 0 Å². The lowest BCUT2D eigenvalue weighted by Crippen LogP contribution is -2.32. The van der Waals surface area contributed by atoms with Crippen molar-refractivity contribution in [3.05, 3.63) is 0 Å². The van der Waals surface area contributed by atoms with Crippen molar-refractivity contribution in [2.75, 3.05) is 31.2 Å². The summed E-state index contributed by atoms with van der Waals surface area (Å²) in [5.41, 5.74) is 0.0257. The molecule has 0 aromatic rings. The van der Waals surface area contributed by atoms with E-state index in [0.29, 0.717) is 0 Å². The quantitative estimate of drug-likeness (QED) is 0.592. The molecule has 13 heavy (non-hydrogen) atoms. The molecule has 0 aromatic heterocycles. The molecule has 0 saturated heterocycles. The van der Waals surface area contributed by atoms with Crippen molar-refractivity contribution < 1.29 is 5.11 Å². The van der Waals surface area contributed by atoms with Gasteiger partial charge in [-0.25, -0.2) is 0 Å². The normalized spacial score (nSPS) is 12.0. The van der Waals surface area contributed by atoms with Gasteiger partial charge in [-0.2, -0.15) is 11.8 Å². The largest absolute Gasteiger partial charge is 0.396 e. The van der Waals surface area contributed by atoms with Crippen LogP contribution in [0.1, 0.15) is 27.2 Å². The van der Waals surface area contributed by atoms with E-state index in [1.807, 2.05) is 11.8 Å². The molecule has 0 fully saturated rings. The molecule has 2 nitrogen and oxygen atoms in total. The fourth-order valence-corrected chi connectivity index (χ4v) is 1.56. The summed E-state index contributed by atoms with van der Waals surface area (Å²) in [6, 6.07) is 0. The molecule has 0 rings (SSSR count). The SMILES string of the molecule is CCSCCCNCC(C)(C)CO. The first-order valence-electron chi connectivity index (χ1n) is 5.01. The molecule has 0 aliphatic rings. The second-order valence-electron chi connectivity index (χ2n) is 4.05. The minimum absolute atomic E-state index is 0.0257. The van der Waals surface area contributed by atoms with Crippen LogP contribution in [-0.2, 0) is 0 Å². The van der Waals surface area contributed by atoms with Gasteiger partial charge in [-0.15, -0.1) is 0 Å². The van der Waals surface area contributed by atoms with Gasteiger partial charge in [0.15, 0.2) is 0 Å². The minimum atomic E-state index is 0.0257. The van der Waals surface area contributed by atoms with Gasteiger partial charge >= 0.3 is 0 Å². The van der Waals surface area contributed by atoms with E-state index in [0.717, 1.165) is 13.1 Å². The van der Waals surface area contributed by atoms with Crippen molar-refractivity contribution in [2.24, 2.45) is 5.41 Å². The van der Waals surface area contributed by atoms with Gasteiger partial charge in [0.1, 0.15) is 0 Å². The smallest absolute Gasteiger partial charge is 0.0494 e. The summed E-state index contributed by atoms with van der Waals surface area (Å²) in [7, 11) is 0. The minimum Gasteiger partial charge on any atom is -0.396 e. The Morgan fingerprint density at radius 3 is 2.62 bits per heavy atom. The van der Waals surface area contributed by atoms with Crippen LogP contribution >= 0.6 is 11.8 Å². The lowest BCUT2D eigenvalue weighted by Gasteiger charge is -2.21. The van der Waals surface area contributed by atoms with Crippen LogP contribution in [0.4, 0.5) is 0 Å². The van der Waals surface area contributed by atoms with Crippen LogP contribution in [0.15, 0.2) is 0 Å². The summed E-state index contributed by atoms with van der Waals surface area (Å²) in [6.07, 6.45) is 1.22. The van der Waals surface area contributed by atoms with Crippen LogP contribution in [0.5, 0.6) is 0 Å². The Labute approximate surface area is 86.5 Å². The third kappa shape index (κ3) is 8.60. The van der Waals surface area contributed by atoms with Gasteiger partial charge in [0.25, 0.3) is 0 Å². The molecular weight excluding hydrogens is 182 g/mol. The summed E-state index contributed by atoms with van der Waals surface area (Å²) >= 11 is 1.98. The topological polar surface area (TPSA) is 32.3 Å². The molecule has 3 heteroatoms. The molecule has 0 saturated carbocycles. The van der Waals surface area contributed by atoms with Crippen LogP contribution in [-0.4, -0.2) is 36.3 Å². The molecule has 0 heterocycles. The van der Waals surface area contributed by atoms with Gasteiger partial charge < -0.3 is 10.4 Å². The maximum atomic E-state index is 8.99. The first-order chi connectivity index (χ1) is 6.12. The number of thioether (sulfide) groups is 1. The summed E-state index contributed by atoms with van der Waals surface area (Å²) in [5, 5.41) is 12.4. The number of hydrogen-bond donors (Lipinski definition) is 2. The maximum Gasteiger partial charge on any atom is 0.0494 e. The number of aliphatic hydroxyl groups excluding tert-OH is 1. The van der Waals surface area contributed by atoms with Crippen molar-refractivity contribution in [2.45, 2.75) is 27.2 Å². The van der Waals surface area contributed by atoms with E-state index in [-0.39, 0.29) is 12.0 Å². The Bertz CT molecular complexity index is 117. The van der Waals surface area contributed by atoms with Gasteiger partial charge in [-0.3, -0.25) is 0 Å². The number of hydrogen-bond acceptors (Lipinski definition) is 3. The molecule has 80 valence electrons. The third-order valence-corrected chi connectivity index (χ3v) is 2.86. The Kier molecular flexibility index (Phi) is 7.81. The molecule has 0 unspecified atom stereocenters. The molecule has 0 aliphatic heterocycles. The summed E-state index contributed by atoms with van der Waals surface area (Å²) in [4.78, 5) is 0. The van der Waals surface area contributed by atoms with E-state index in [9.17, 15) is 0 Å². The summed E-state index contributed by atoms with van der Waals surface area (Å²) < 4.78 is 0. The molecule has 2 N–H and O–H groups in total. The van der Waals surface area contributed by atoms with Crippen molar-refractivity contribution in [3.8, 4) is 0 Å². The molecule has 0 aliphatic carbocycles. The second-order valence-corrected chi connectivity index (χ2v) is 5.44. The predicted octanol–water partition coefficient (Wildman–Crippen LogP) is 1.74. The molecule has 0 radical (unpaired) electrons. The monoisotopic (exact) mass is 205 g/mol. The second kappa shape index (κ2) is 7.65. The van der Waals surface area contributed by atoms with Crippen LogP contribution in [0.25, 0.3) is 0 Å². The summed E-state index contributed by atoms with van der Waals surface area (Å²) in [6.45, 7) is 8.55. The fourth-order valence-electron chi connectivity index (χ4n) is 0.926. The fraction of sp³-hybridized carbons (Fsp3) is 1.00. The standard InChI is InChI=1S/C10H23NOS/c1-4-13-7-5-6-11-8-10(2,3)9-12/h11-12H,4-9H2,1-3H3. The molecule has 0 amide bonds. The molecule has 0 spiro atoms. The van der Waals surface area contributed by atoms with Gasteiger partial charge in [0.2, 0.25) is 0 Å². The van der Waals surface area contributed by atoms with E-state index in [4.69, 9.17) is 5.11 Å². The Morgan fingerprint density at radius 2 is 2.08 bits per heavy atom. The van der Waals surface area contributed by atoms with Gasteiger partial charge in [0.05, 0.1) is 0 Å². The van der Waals surface area contributed by atoms with Crippen LogP contribution < -0.4 is 5.32 Å². The number of nitrogens with one attached hydrogen (secondary N) is 1. The van der Waals surface area contributed by atoms with E-state index in [1.54, 1.807) is 0 Å². The zero-order valence-corrected chi connectivity index (χ0v) is 9.91. The lowest BCUT2D eigenvalue weighted by atomic mass is 9.95. The van der Waals surface area contributed by atoms with Gasteiger partial charge in [-0.1, -0.05) is 20.8 Å². The first kappa shape index (κ1) is 13.3. The zero-order chi connectivity index (χ0) is 10.2. The van der Waals surface area contributed by atoms with Crippen molar-refractivity contribution in [3.63, 3.8) is 0 Å². The average molecular weight is 205 g/mol. The maximum absolute atomic E-state index is 8.99. The van der Waals surface area contributed by atoms with Gasteiger partial charge in [-0.05, 0) is 24.5 Å². The number of aliphatic hydroxyl groups is 1. The molecular formula is C10H23NOS. The highest BCUT2D eigenvalue weighted by Crippen LogP contribution is 2.11. The van der Waals surface area contributed by atoms with E-state index in [1.165, 1.54) is 17.9 Å². The van der Waals surface area contributed by atoms with Crippen molar-refractivity contribution >= 4 is 11.8 Å². The number of rotatable bonds is 8. The summed E-state index contributed by atoms with van der Waals surface area (Å²) in [5.74, 6) is 2.45. The highest BCUT2D eigenvalue weighted by molar-refractivity contribution is 7.99. The third-order valence-electron chi connectivity index (χ3n) is 1.88. The van der Waals surface area contributed by atoms with Gasteiger partial charge in [0, 0.05) is 18.6 Å². The van der Waals surface area contributed by atoms with Crippen molar-refractivity contribution in [1.82, 2.24) is 5.32 Å². The van der Waals surface area contributed by atoms with Crippen LogP contribution in [0.3, 0.4) is 0 Å². The highest BCUT2D eigenvalue weighted by Gasteiger charge is 2.14. The van der Waals surface area contributed by atoms with E-state index in [2.05, 4.69) is 26.1 Å².